The molecule has 25 heavy (non-hydrogen) atoms. The van der Waals surface area contributed by atoms with E-state index in [1.807, 2.05) is 37.9 Å². The van der Waals surface area contributed by atoms with Gasteiger partial charge in [0.05, 0.1) is 12.0 Å². The van der Waals surface area contributed by atoms with Crippen LogP contribution in [0.3, 0.4) is 0 Å². The van der Waals surface area contributed by atoms with Crippen LogP contribution in [0.15, 0.2) is 36.4 Å². The van der Waals surface area contributed by atoms with Crippen molar-refractivity contribution in [1.29, 1.82) is 0 Å². The van der Waals surface area contributed by atoms with Gasteiger partial charge in [-0.2, -0.15) is 13.2 Å². The van der Waals surface area contributed by atoms with Crippen molar-refractivity contribution in [2.45, 2.75) is 33.0 Å². The molecule has 0 aliphatic rings. The first-order valence-corrected chi connectivity index (χ1v) is 7.83. The Kier molecular flexibility index (Phi) is 5.40. The third-order valence-electron chi connectivity index (χ3n) is 4.17. The van der Waals surface area contributed by atoms with E-state index in [1.165, 1.54) is 12.1 Å². The van der Waals surface area contributed by atoms with Gasteiger partial charge < -0.3 is 10.6 Å². The molecule has 0 aliphatic heterocycles. The molecule has 0 atom stereocenters. The highest BCUT2D eigenvalue weighted by molar-refractivity contribution is 5.78. The molecule has 0 saturated heterocycles. The summed E-state index contributed by atoms with van der Waals surface area (Å²) in [7, 11) is 1.87. The van der Waals surface area contributed by atoms with Crippen LogP contribution in [0.5, 0.6) is 0 Å². The Hall–Kier alpha value is -2.50. The topological polar surface area (TPSA) is 46.3 Å². The number of rotatable bonds is 5. The van der Waals surface area contributed by atoms with Crippen molar-refractivity contribution in [3.63, 3.8) is 0 Å². The number of primary amides is 1. The molecule has 6 heteroatoms. The summed E-state index contributed by atoms with van der Waals surface area (Å²) in [6.45, 7) is 4.31. The lowest BCUT2D eigenvalue weighted by Gasteiger charge is -2.22. The number of hydrogen-bond acceptors (Lipinski definition) is 2. The summed E-state index contributed by atoms with van der Waals surface area (Å²) < 4.78 is 37.9. The molecule has 0 fully saturated rings. The van der Waals surface area contributed by atoms with Crippen LogP contribution in [0, 0.1) is 13.8 Å². The van der Waals surface area contributed by atoms with E-state index in [1.54, 1.807) is 0 Å². The first-order valence-electron chi connectivity index (χ1n) is 7.83. The number of alkyl halides is 3. The number of nitrogens with two attached hydrogens (primary N) is 1. The molecule has 2 N–H and O–H groups in total. The summed E-state index contributed by atoms with van der Waals surface area (Å²) in [6, 6.07) is 9.07. The van der Waals surface area contributed by atoms with E-state index >= 15 is 0 Å². The molecular formula is C19H21F3N2O. The second-order valence-electron chi connectivity index (χ2n) is 6.25. The van der Waals surface area contributed by atoms with Gasteiger partial charge in [-0.05, 0) is 60.4 Å². The molecule has 0 saturated carbocycles. The van der Waals surface area contributed by atoms with Crippen LogP contribution in [-0.4, -0.2) is 13.0 Å². The molecule has 0 spiro atoms. The van der Waals surface area contributed by atoms with Gasteiger partial charge in [0, 0.05) is 19.3 Å². The average Bonchev–Trinajstić information content (AvgIpc) is 2.50. The number of aryl methyl sites for hydroxylation is 2. The zero-order valence-electron chi connectivity index (χ0n) is 14.4. The lowest BCUT2D eigenvalue weighted by atomic mass is 9.98. The minimum absolute atomic E-state index is 0.195. The quantitative estimate of drug-likeness (QED) is 0.886. The third-order valence-corrected chi connectivity index (χ3v) is 4.17. The lowest BCUT2D eigenvalue weighted by Crippen LogP contribution is -2.18. The fraction of sp³-hybridized carbons (Fsp3) is 0.316. The van der Waals surface area contributed by atoms with Crippen molar-refractivity contribution in [1.82, 2.24) is 0 Å². The summed E-state index contributed by atoms with van der Waals surface area (Å²) in [6.07, 6.45) is -4.13. The molecule has 0 aliphatic carbocycles. The zero-order valence-corrected chi connectivity index (χ0v) is 14.4. The summed E-state index contributed by atoms with van der Waals surface area (Å²) >= 11 is 0. The number of anilines is 1. The van der Waals surface area contributed by atoms with Gasteiger partial charge in [-0.3, -0.25) is 4.79 Å². The molecular weight excluding hydrogens is 329 g/mol. The number of benzene rings is 2. The number of amides is 1. The summed E-state index contributed by atoms with van der Waals surface area (Å²) in [5.41, 5.74) is 9.19. The Labute approximate surface area is 145 Å². The van der Waals surface area contributed by atoms with Gasteiger partial charge in [0.25, 0.3) is 0 Å². The number of hydrogen-bond donors (Lipinski definition) is 1. The minimum atomic E-state index is -4.32. The van der Waals surface area contributed by atoms with E-state index in [-0.39, 0.29) is 12.3 Å². The fourth-order valence-corrected chi connectivity index (χ4v) is 2.81. The number of carbonyl (C=O) groups excluding carboxylic acids is 1. The Morgan fingerprint density at radius 2 is 1.60 bits per heavy atom. The minimum Gasteiger partial charge on any atom is -0.370 e. The van der Waals surface area contributed by atoms with Crippen LogP contribution in [0.25, 0.3) is 0 Å². The maximum absolute atomic E-state index is 12.6. The normalized spacial score (nSPS) is 11.4. The summed E-state index contributed by atoms with van der Waals surface area (Å²) in [4.78, 5) is 13.1. The summed E-state index contributed by atoms with van der Waals surface area (Å²) in [5.74, 6) is -0.378. The molecule has 2 aromatic rings. The van der Waals surface area contributed by atoms with Crippen LogP contribution >= 0.6 is 0 Å². The van der Waals surface area contributed by atoms with Gasteiger partial charge in [0.15, 0.2) is 0 Å². The van der Waals surface area contributed by atoms with Crippen molar-refractivity contribution in [2.75, 3.05) is 11.9 Å². The summed E-state index contributed by atoms with van der Waals surface area (Å²) in [5, 5.41) is 0. The highest BCUT2D eigenvalue weighted by Gasteiger charge is 2.29. The third kappa shape index (κ3) is 4.75. The van der Waals surface area contributed by atoms with E-state index in [0.29, 0.717) is 6.54 Å². The van der Waals surface area contributed by atoms with Crippen LogP contribution in [0.4, 0.5) is 18.9 Å². The number of halogens is 3. The molecule has 0 aromatic heterocycles. The molecule has 0 unspecified atom stereocenters. The molecule has 0 bridgehead atoms. The molecule has 134 valence electrons. The Bertz CT molecular complexity index is 744. The van der Waals surface area contributed by atoms with Crippen molar-refractivity contribution in [2.24, 2.45) is 5.73 Å². The van der Waals surface area contributed by atoms with E-state index in [4.69, 9.17) is 5.73 Å². The highest BCUT2D eigenvalue weighted by Crippen LogP contribution is 2.29. The van der Waals surface area contributed by atoms with E-state index in [9.17, 15) is 18.0 Å². The van der Waals surface area contributed by atoms with E-state index in [0.717, 1.165) is 40.1 Å². The van der Waals surface area contributed by atoms with Gasteiger partial charge in [0.2, 0.25) is 5.91 Å². The SMILES string of the molecule is Cc1cc(N(C)Cc2ccc(C(F)(F)F)cc2)cc(C)c1CC(N)=O. The van der Waals surface area contributed by atoms with Crippen molar-refractivity contribution >= 4 is 11.6 Å². The molecule has 2 aromatic carbocycles. The van der Waals surface area contributed by atoms with E-state index < -0.39 is 11.7 Å². The van der Waals surface area contributed by atoms with Gasteiger partial charge >= 0.3 is 6.18 Å². The maximum Gasteiger partial charge on any atom is 0.416 e. The van der Waals surface area contributed by atoms with Gasteiger partial charge in [-0.15, -0.1) is 0 Å². The van der Waals surface area contributed by atoms with Gasteiger partial charge in [-0.1, -0.05) is 12.1 Å². The predicted octanol–water partition coefficient (Wildman–Crippen LogP) is 3.99. The number of nitrogens with zero attached hydrogens (tertiary/aromatic N) is 1. The molecule has 1 amide bonds. The Balaban J connectivity index is 2.18. The smallest absolute Gasteiger partial charge is 0.370 e. The van der Waals surface area contributed by atoms with E-state index in [2.05, 4.69) is 0 Å². The largest absolute Gasteiger partial charge is 0.416 e. The Morgan fingerprint density at radius 3 is 2.04 bits per heavy atom. The Morgan fingerprint density at radius 1 is 1.08 bits per heavy atom. The number of carbonyl (C=O) groups is 1. The molecule has 0 heterocycles. The van der Waals surface area contributed by atoms with Crippen molar-refractivity contribution in [3.8, 4) is 0 Å². The van der Waals surface area contributed by atoms with Crippen molar-refractivity contribution in [3.05, 3.63) is 64.2 Å². The highest BCUT2D eigenvalue weighted by atomic mass is 19.4. The molecule has 2 rings (SSSR count). The first kappa shape index (κ1) is 18.8. The maximum atomic E-state index is 12.6. The van der Waals surface area contributed by atoms with Gasteiger partial charge in [-0.25, -0.2) is 0 Å². The van der Waals surface area contributed by atoms with Crippen LogP contribution in [0.1, 0.15) is 27.8 Å². The van der Waals surface area contributed by atoms with Crippen LogP contribution in [-0.2, 0) is 23.9 Å². The second kappa shape index (κ2) is 7.17. The van der Waals surface area contributed by atoms with Crippen LogP contribution < -0.4 is 10.6 Å². The van der Waals surface area contributed by atoms with Gasteiger partial charge in [0.1, 0.15) is 0 Å². The predicted molar refractivity (Wildman–Crippen MR) is 92.4 cm³/mol. The zero-order chi connectivity index (χ0) is 18.8. The second-order valence-corrected chi connectivity index (χ2v) is 6.25. The van der Waals surface area contributed by atoms with Crippen LogP contribution in [0.2, 0.25) is 0 Å². The standard InChI is InChI=1S/C19H21F3N2O/c1-12-8-16(9-13(2)17(12)10-18(23)25)24(3)11-14-4-6-15(7-5-14)19(20,21)22/h4-9H,10-11H2,1-3H3,(H2,23,25). The lowest BCUT2D eigenvalue weighted by molar-refractivity contribution is -0.137. The molecule has 0 radical (unpaired) electrons. The fourth-order valence-electron chi connectivity index (χ4n) is 2.81. The van der Waals surface area contributed by atoms with Crippen molar-refractivity contribution < 1.29 is 18.0 Å². The monoisotopic (exact) mass is 350 g/mol. The average molecular weight is 350 g/mol. The molecule has 3 nitrogen and oxygen atoms in total. The first-order chi connectivity index (χ1) is 11.6.